The molecule has 208 valence electrons. The van der Waals surface area contributed by atoms with Crippen LogP contribution in [0.5, 0.6) is 0 Å². The smallest absolute Gasteiger partial charge is 0.321 e. The van der Waals surface area contributed by atoms with Crippen molar-refractivity contribution in [1.29, 1.82) is 0 Å². The van der Waals surface area contributed by atoms with Crippen molar-refractivity contribution < 1.29 is 23.9 Å². The first-order valence-corrected chi connectivity index (χ1v) is 14.2. The molecule has 0 saturated carbocycles. The summed E-state index contributed by atoms with van der Waals surface area (Å²) in [5.41, 5.74) is 1.80. The largest absolute Gasteiger partial charge is 0.373 e. The first-order valence-electron chi connectivity index (χ1n) is 13.0. The number of nitrogens with zero attached hydrogens (tertiary/aromatic N) is 3. The molecule has 0 radical (unpaired) electrons. The van der Waals surface area contributed by atoms with Gasteiger partial charge in [0, 0.05) is 23.6 Å². The summed E-state index contributed by atoms with van der Waals surface area (Å²) in [6.45, 7) is 4.56. The summed E-state index contributed by atoms with van der Waals surface area (Å²) in [5.74, 6) is -0.895. The lowest BCUT2D eigenvalue weighted by Crippen LogP contribution is -2.52. The molecule has 1 aromatic carbocycles. The number of aromatic nitrogens is 2. The number of carbonyl (C=O) groups excluding carboxylic acids is 4. The standard InChI is InChI=1S/C27H27ClN6O5S/c1-27(2,25-32-22-15(18-4-3-9-39-18)10-13(28)11-19(22)40-25)33-26(38)30-20-7-5-14-16(29-20)12-34(24(14)37)17-6-8-21(35)31-23(17)36/h5,7,10-11,17-18H,3-4,6,8-9,12H2,1-2H3,(H,31,35,36)(H2,29,30,33,38)/t17?,18-/m0/s1. The minimum atomic E-state index is -0.816. The average Bonchev–Trinajstić information content (AvgIpc) is 3.63. The highest BCUT2D eigenvalue weighted by atomic mass is 35.5. The number of anilines is 1. The summed E-state index contributed by atoms with van der Waals surface area (Å²) in [6, 6.07) is 5.69. The molecule has 3 aromatic rings. The third-order valence-electron chi connectivity index (χ3n) is 7.34. The zero-order chi connectivity index (χ0) is 28.2. The predicted molar refractivity (Wildman–Crippen MR) is 148 cm³/mol. The van der Waals surface area contributed by atoms with E-state index in [0.717, 1.165) is 28.6 Å². The lowest BCUT2D eigenvalue weighted by atomic mass is 10.0. The van der Waals surface area contributed by atoms with Crippen molar-refractivity contribution in [3.63, 3.8) is 0 Å². The highest BCUT2D eigenvalue weighted by Crippen LogP contribution is 2.39. The number of amides is 5. The second kappa shape index (κ2) is 10.1. The van der Waals surface area contributed by atoms with Crippen LogP contribution in [-0.4, -0.2) is 51.3 Å². The molecule has 3 aliphatic rings. The molecule has 40 heavy (non-hydrogen) atoms. The molecule has 2 atom stereocenters. The van der Waals surface area contributed by atoms with E-state index in [1.54, 1.807) is 12.1 Å². The third kappa shape index (κ3) is 4.91. The Kier molecular flexibility index (Phi) is 6.71. The molecule has 1 unspecified atom stereocenters. The lowest BCUT2D eigenvalue weighted by Gasteiger charge is -2.29. The van der Waals surface area contributed by atoms with Crippen molar-refractivity contribution in [2.24, 2.45) is 0 Å². The van der Waals surface area contributed by atoms with E-state index >= 15 is 0 Å². The quantitative estimate of drug-likeness (QED) is 0.386. The van der Waals surface area contributed by atoms with Crippen LogP contribution in [0, 0.1) is 0 Å². The number of ether oxygens (including phenoxy) is 1. The molecule has 5 amide bonds. The van der Waals surface area contributed by atoms with Crippen molar-refractivity contribution in [3.05, 3.63) is 51.1 Å². The number of rotatable bonds is 5. The maximum absolute atomic E-state index is 13.0. The Morgan fingerprint density at radius 1 is 1.20 bits per heavy atom. The van der Waals surface area contributed by atoms with Gasteiger partial charge in [0.1, 0.15) is 16.9 Å². The zero-order valence-electron chi connectivity index (χ0n) is 21.9. The van der Waals surface area contributed by atoms with Gasteiger partial charge in [-0.05, 0) is 57.4 Å². The molecule has 6 rings (SSSR count). The van der Waals surface area contributed by atoms with E-state index in [9.17, 15) is 19.2 Å². The topological polar surface area (TPSA) is 143 Å². The second-order valence-electron chi connectivity index (χ2n) is 10.7. The fraction of sp³-hybridized carbons (Fsp3) is 0.407. The molecular weight excluding hydrogens is 556 g/mol. The average molecular weight is 583 g/mol. The Bertz CT molecular complexity index is 1570. The number of imide groups is 1. The Hall–Kier alpha value is -3.61. The van der Waals surface area contributed by atoms with Gasteiger partial charge < -0.3 is 15.0 Å². The van der Waals surface area contributed by atoms with Gasteiger partial charge in [-0.15, -0.1) is 11.3 Å². The van der Waals surface area contributed by atoms with E-state index in [2.05, 4.69) is 20.9 Å². The third-order valence-corrected chi connectivity index (χ3v) is 8.88. The number of pyridine rings is 1. The van der Waals surface area contributed by atoms with Gasteiger partial charge in [-0.3, -0.25) is 25.0 Å². The summed E-state index contributed by atoms with van der Waals surface area (Å²) >= 11 is 7.86. The van der Waals surface area contributed by atoms with E-state index in [-0.39, 0.29) is 43.1 Å². The van der Waals surface area contributed by atoms with Gasteiger partial charge in [0.15, 0.2) is 0 Å². The number of thiazole rings is 1. The summed E-state index contributed by atoms with van der Waals surface area (Å²) in [4.78, 5) is 60.4. The van der Waals surface area contributed by atoms with Crippen molar-refractivity contribution >= 4 is 62.7 Å². The molecule has 0 spiro atoms. The number of fused-ring (bicyclic) bond motifs is 2. The SMILES string of the molecule is CC(C)(NC(=O)Nc1ccc2c(n1)CN(C1CCC(=O)NC1=O)C2=O)c1nc2c([C@@H]3CCCO3)cc(Cl)cc2s1. The van der Waals surface area contributed by atoms with Crippen LogP contribution in [0.2, 0.25) is 5.02 Å². The highest BCUT2D eigenvalue weighted by Gasteiger charge is 2.40. The molecule has 2 fully saturated rings. The minimum absolute atomic E-state index is 0.0424. The van der Waals surface area contributed by atoms with Crippen molar-refractivity contribution in [2.75, 3.05) is 11.9 Å². The highest BCUT2D eigenvalue weighted by molar-refractivity contribution is 7.18. The molecule has 11 nitrogen and oxygen atoms in total. The van der Waals surface area contributed by atoms with Gasteiger partial charge in [-0.2, -0.15) is 0 Å². The Morgan fingerprint density at radius 3 is 2.77 bits per heavy atom. The number of urea groups is 1. The Balaban J connectivity index is 1.16. The fourth-order valence-corrected chi connectivity index (χ4v) is 6.74. The van der Waals surface area contributed by atoms with E-state index < -0.39 is 23.5 Å². The van der Waals surface area contributed by atoms with Gasteiger partial charge >= 0.3 is 6.03 Å². The molecule has 5 heterocycles. The zero-order valence-corrected chi connectivity index (χ0v) is 23.4. The monoisotopic (exact) mass is 582 g/mol. The predicted octanol–water partition coefficient (Wildman–Crippen LogP) is 4.01. The molecule has 3 aliphatic heterocycles. The van der Waals surface area contributed by atoms with Crippen LogP contribution < -0.4 is 16.0 Å². The van der Waals surface area contributed by atoms with Crippen molar-refractivity contribution in [1.82, 2.24) is 25.5 Å². The molecule has 0 bridgehead atoms. The van der Waals surface area contributed by atoms with Gasteiger partial charge in [-0.1, -0.05) is 11.6 Å². The van der Waals surface area contributed by atoms with Crippen LogP contribution in [0.1, 0.15) is 72.3 Å². The van der Waals surface area contributed by atoms with Crippen LogP contribution in [-0.2, 0) is 26.4 Å². The number of nitrogens with one attached hydrogen (secondary N) is 3. The molecule has 3 N–H and O–H groups in total. The minimum Gasteiger partial charge on any atom is -0.373 e. The summed E-state index contributed by atoms with van der Waals surface area (Å²) in [7, 11) is 0. The van der Waals surface area contributed by atoms with Crippen LogP contribution in [0.4, 0.5) is 10.6 Å². The van der Waals surface area contributed by atoms with Crippen LogP contribution in [0.15, 0.2) is 24.3 Å². The van der Waals surface area contributed by atoms with Gasteiger partial charge in [0.2, 0.25) is 11.8 Å². The lowest BCUT2D eigenvalue weighted by molar-refractivity contribution is -0.136. The van der Waals surface area contributed by atoms with E-state index in [0.29, 0.717) is 27.9 Å². The molecular formula is C27H27ClN6O5S. The summed E-state index contributed by atoms with van der Waals surface area (Å²) in [6.07, 6.45) is 2.29. The summed E-state index contributed by atoms with van der Waals surface area (Å²) < 4.78 is 6.80. The van der Waals surface area contributed by atoms with E-state index in [1.165, 1.54) is 16.2 Å². The van der Waals surface area contributed by atoms with Crippen LogP contribution >= 0.6 is 22.9 Å². The Labute approximate surface area is 238 Å². The molecule has 2 aromatic heterocycles. The number of piperidine rings is 1. The summed E-state index contributed by atoms with van der Waals surface area (Å²) in [5, 5.41) is 9.32. The first kappa shape index (κ1) is 26.6. The number of halogens is 1. The van der Waals surface area contributed by atoms with Gasteiger partial charge in [0.05, 0.1) is 39.7 Å². The number of carbonyl (C=O) groups is 4. The number of benzene rings is 1. The normalized spacial score (nSPS) is 21.1. The second-order valence-corrected chi connectivity index (χ2v) is 12.1. The van der Waals surface area contributed by atoms with Gasteiger partial charge in [-0.25, -0.2) is 14.8 Å². The molecule has 0 aliphatic carbocycles. The van der Waals surface area contributed by atoms with Crippen LogP contribution in [0.3, 0.4) is 0 Å². The number of hydrogen-bond donors (Lipinski definition) is 3. The van der Waals surface area contributed by atoms with Crippen LogP contribution in [0.25, 0.3) is 10.2 Å². The van der Waals surface area contributed by atoms with Gasteiger partial charge in [0.25, 0.3) is 5.91 Å². The maximum Gasteiger partial charge on any atom is 0.321 e. The van der Waals surface area contributed by atoms with E-state index in [4.69, 9.17) is 21.3 Å². The maximum atomic E-state index is 13.0. The Morgan fingerprint density at radius 2 is 2.02 bits per heavy atom. The van der Waals surface area contributed by atoms with Crippen molar-refractivity contribution in [3.8, 4) is 0 Å². The molecule has 2 saturated heterocycles. The molecule has 13 heteroatoms. The van der Waals surface area contributed by atoms with Crippen molar-refractivity contribution in [2.45, 2.75) is 63.8 Å². The fourth-order valence-electron chi connectivity index (χ4n) is 5.35. The number of hydrogen-bond acceptors (Lipinski definition) is 8. The van der Waals surface area contributed by atoms with E-state index in [1.807, 2.05) is 26.0 Å². The first-order chi connectivity index (χ1) is 19.1.